The van der Waals surface area contributed by atoms with Crippen molar-refractivity contribution in [3.05, 3.63) is 38.6 Å². The lowest BCUT2D eigenvalue weighted by atomic mass is 10.2. The Hall–Kier alpha value is -1.12. The molecule has 0 amide bonds. The number of benzene rings is 1. The fourth-order valence-corrected chi connectivity index (χ4v) is 3.42. The van der Waals surface area contributed by atoms with Gasteiger partial charge in [-0.2, -0.15) is 4.98 Å². The maximum atomic E-state index is 6.33. The van der Waals surface area contributed by atoms with Gasteiger partial charge < -0.3 is 15.5 Å². The number of nitrogens with one attached hydrogen (secondary N) is 2. The Bertz CT molecular complexity index is 733. The van der Waals surface area contributed by atoms with Crippen molar-refractivity contribution in [1.82, 2.24) is 14.9 Å². The largest absolute Gasteiger partial charge is 0.354 e. The molecule has 7 heteroatoms. The van der Waals surface area contributed by atoms with Gasteiger partial charge in [0, 0.05) is 22.1 Å². The maximum Gasteiger partial charge on any atom is 0.224 e. The Morgan fingerprint density at radius 2 is 2.04 bits per heavy atom. The molecule has 3 rings (SSSR count). The van der Waals surface area contributed by atoms with E-state index in [1.807, 2.05) is 24.3 Å². The Labute approximate surface area is 167 Å². The zero-order valence-corrected chi connectivity index (χ0v) is 17.4. The van der Waals surface area contributed by atoms with Crippen LogP contribution in [0.25, 0.3) is 0 Å². The quantitative estimate of drug-likeness (QED) is 0.431. The van der Waals surface area contributed by atoms with Crippen LogP contribution in [0.4, 0.5) is 17.5 Å². The van der Waals surface area contributed by atoms with Gasteiger partial charge in [0.2, 0.25) is 5.95 Å². The Kier molecular flexibility index (Phi) is 6.35. The molecule has 5 nitrogen and oxygen atoms in total. The molecule has 2 N–H and O–H groups in total. The van der Waals surface area contributed by atoms with Gasteiger partial charge in [-0.3, -0.25) is 0 Å². The minimum atomic E-state index is 0.568. The topological polar surface area (TPSA) is 53.1 Å². The molecule has 0 bridgehead atoms. The minimum absolute atomic E-state index is 0.568. The van der Waals surface area contributed by atoms with Crippen LogP contribution in [0.2, 0.25) is 5.02 Å². The molecular weight excluding hydrogens is 449 g/mol. The fraction of sp³-hybridized carbons (Fsp3) is 0.444. The van der Waals surface area contributed by atoms with E-state index in [1.54, 1.807) is 0 Å². The number of nitrogens with zero attached hydrogens (tertiary/aromatic N) is 3. The van der Waals surface area contributed by atoms with Gasteiger partial charge in [0.1, 0.15) is 5.82 Å². The van der Waals surface area contributed by atoms with Crippen LogP contribution in [0.1, 0.15) is 30.9 Å². The van der Waals surface area contributed by atoms with Crippen LogP contribution < -0.4 is 10.6 Å². The van der Waals surface area contributed by atoms with Crippen molar-refractivity contribution < 1.29 is 0 Å². The monoisotopic (exact) mass is 471 g/mol. The lowest BCUT2D eigenvalue weighted by Crippen LogP contribution is -2.17. The van der Waals surface area contributed by atoms with E-state index in [1.165, 1.54) is 12.8 Å². The Morgan fingerprint density at radius 1 is 1.24 bits per heavy atom. The number of halogens is 2. The number of hydrogen-bond donors (Lipinski definition) is 2. The predicted molar refractivity (Wildman–Crippen MR) is 113 cm³/mol. The normalized spacial score (nSPS) is 14.0. The standard InChI is InChI=1S/C18H23ClIN5/c1-25(2)9-3-8-21-18-23-16(12-4-5-12)11-17(24-18)22-15-7-6-13(20)10-14(15)19/h6-7,10-12H,3-5,8-9H2,1-2H3,(H2,21,22,23,24). The second-order valence-corrected chi connectivity index (χ2v) is 8.26. The molecule has 1 aliphatic rings. The first-order valence-electron chi connectivity index (χ1n) is 8.51. The molecule has 1 saturated carbocycles. The second-order valence-electron chi connectivity index (χ2n) is 6.61. The molecule has 0 aliphatic heterocycles. The van der Waals surface area contributed by atoms with E-state index in [2.05, 4.69) is 62.2 Å². The van der Waals surface area contributed by atoms with E-state index >= 15 is 0 Å². The smallest absolute Gasteiger partial charge is 0.224 e. The van der Waals surface area contributed by atoms with Crippen molar-refractivity contribution in [1.29, 1.82) is 0 Å². The average molecular weight is 472 g/mol. The van der Waals surface area contributed by atoms with Crippen molar-refractivity contribution in [2.45, 2.75) is 25.2 Å². The van der Waals surface area contributed by atoms with Crippen molar-refractivity contribution >= 4 is 51.6 Å². The molecular formula is C18H23ClIN5. The van der Waals surface area contributed by atoms with Gasteiger partial charge in [-0.1, -0.05) is 11.6 Å². The summed E-state index contributed by atoms with van der Waals surface area (Å²) in [7, 11) is 4.16. The van der Waals surface area contributed by atoms with E-state index in [4.69, 9.17) is 11.6 Å². The predicted octanol–water partition coefficient (Wildman–Crippen LogP) is 4.72. The highest BCUT2D eigenvalue weighted by molar-refractivity contribution is 14.1. The number of anilines is 3. The number of rotatable bonds is 8. The first kappa shape index (κ1) is 18.7. The molecule has 0 saturated heterocycles. The van der Waals surface area contributed by atoms with Crippen molar-refractivity contribution in [3.8, 4) is 0 Å². The van der Waals surface area contributed by atoms with Gasteiger partial charge >= 0.3 is 0 Å². The summed E-state index contributed by atoms with van der Waals surface area (Å²) in [4.78, 5) is 11.5. The third kappa shape index (κ3) is 5.69. The molecule has 25 heavy (non-hydrogen) atoms. The molecule has 134 valence electrons. The van der Waals surface area contributed by atoms with Crippen LogP contribution in [-0.4, -0.2) is 42.1 Å². The zero-order chi connectivity index (χ0) is 17.8. The molecule has 0 radical (unpaired) electrons. The summed E-state index contributed by atoms with van der Waals surface area (Å²) >= 11 is 8.59. The molecule has 1 aromatic carbocycles. The summed E-state index contributed by atoms with van der Waals surface area (Å²) in [6.45, 7) is 1.90. The molecule has 1 heterocycles. The minimum Gasteiger partial charge on any atom is -0.354 e. The second kappa shape index (κ2) is 8.51. The Morgan fingerprint density at radius 3 is 2.72 bits per heavy atom. The molecule has 0 unspecified atom stereocenters. The maximum absolute atomic E-state index is 6.33. The number of aromatic nitrogens is 2. The third-order valence-corrected chi connectivity index (χ3v) is 4.98. The molecule has 0 spiro atoms. The van der Waals surface area contributed by atoms with E-state index in [-0.39, 0.29) is 0 Å². The lowest BCUT2D eigenvalue weighted by Gasteiger charge is -2.13. The summed E-state index contributed by atoms with van der Waals surface area (Å²) in [5, 5.41) is 7.38. The lowest BCUT2D eigenvalue weighted by molar-refractivity contribution is 0.405. The van der Waals surface area contributed by atoms with Crippen LogP contribution in [0, 0.1) is 3.57 Å². The van der Waals surface area contributed by atoms with Crippen LogP contribution in [0.15, 0.2) is 24.3 Å². The van der Waals surface area contributed by atoms with Gasteiger partial charge in [0.15, 0.2) is 0 Å². The average Bonchev–Trinajstić information content (AvgIpc) is 3.39. The summed E-state index contributed by atoms with van der Waals surface area (Å²) in [5.41, 5.74) is 1.97. The summed E-state index contributed by atoms with van der Waals surface area (Å²) in [5.74, 6) is 2.04. The molecule has 0 atom stereocenters. The highest BCUT2D eigenvalue weighted by Gasteiger charge is 2.26. The first-order valence-corrected chi connectivity index (χ1v) is 9.96. The van der Waals surface area contributed by atoms with E-state index < -0.39 is 0 Å². The van der Waals surface area contributed by atoms with Crippen molar-refractivity contribution in [2.75, 3.05) is 37.8 Å². The van der Waals surface area contributed by atoms with Gasteiger partial charge in [-0.25, -0.2) is 4.98 Å². The highest BCUT2D eigenvalue weighted by Crippen LogP contribution is 2.40. The van der Waals surface area contributed by atoms with E-state index in [9.17, 15) is 0 Å². The zero-order valence-electron chi connectivity index (χ0n) is 14.5. The third-order valence-electron chi connectivity index (χ3n) is 4.00. The summed E-state index contributed by atoms with van der Waals surface area (Å²) in [6.07, 6.45) is 3.47. The van der Waals surface area contributed by atoms with Gasteiger partial charge in [0.25, 0.3) is 0 Å². The van der Waals surface area contributed by atoms with Crippen molar-refractivity contribution in [3.63, 3.8) is 0 Å². The molecule has 1 aromatic heterocycles. The Balaban J connectivity index is 1.73. The van der Waals surface area contributed by atoms with Crippen molar-refractivity contribution in [2.24, 2.45) is 0 Å². The molecule has 1 aliphatic carbocycles. The fourth-order valence-electron chi connectivity index (χ4n) is 2.52. The van der Waals surface area contributed by atoms with Crippen LogP contribution in [0.3, 0.4) is 0 Å². The SMILES string of the molecule is CN(C)CCCNc1nc(Nc2ccc(I)cc2Cl)cc(C2CC2)n1. The van der Waals surface area contributed by atoms with Gasteiger partial charge in [0.05, 0.1) is 16.4 Å². The number of hydrogen-bond acceptors (Lipinski definition) is 5. The van der Waals surface area contributed by atoms with E-state index in [0.717, 1.165) is 40.3 Å². The molecule has 2 aromatic rings. The van der Waals surface area contributed by atoms with Gasteiger partial charge in [-0.15, -0.1) is 0 Å². The van der Waals surface area contributed by atoms with Crippen LogP contribution in [-0.2, 0) is 0 Å². The highest BCUT2D eigenvalue weighted by atomic mass is 127. The summed E-state index contributed by atoms with van der Waals surface area (Å²) < 4.78 is 1.11. The van der Waals surface area contributed by atoms with Crippen LogP contribution in [0.5, 0.6) is 0 Å². The molecule has 1 fully saturated rings. The van der Waals surface area contributed by atoms with Crippen LogP contribution >= 0.6 is 34.2 Å². The summed E-state index contributed by atoms with van der Waals surface area (Å²) in [6, 6.07) is 7.98. The van der Waals surface area contributed by atoms with Gasteiger partial charge in [-0.05, 0) is 80.7 Å². The van der Waals surface area contributed by atoms with E-state index in [0.29, 0.717) is 16.9 Å². The first-order chi connectivity index (χ1) is 12.0.